The van der Waals surface area contributed by atoms with Crippen LogP contribution in [0, 0.1) is 0 Å². The first-order valence-corrected chi connectivity index (χ1v) is 11.0. The molecule has 0 spiro atoms. The third-order valence-electron chi connectivity index (χ3n) is 6.06. The first-order chi connectivity index (χ1) is 14.2. The summed E-state index contributed by atoms with van der Waals surface area (Å²) in [5, 5.41) is 29.3. The van der Waals surface area contributed by atoms with Gasteiger partial charge >= 0.3 is 0 Å². The van der Waals surface area contributed by atoms with Gasteiger partial charge in [-0.05, 0) is 58.7 Å². The highest BCUT2D eigenvalue weighted by Gasteiger charge is 2.25. The molecule has 4 rings (SSSR count). The summed E-state index contributed by atoms with van der Waals surface area (Å²) >= 11 is 0. The Morgan fingerprint density at radius 1 is 0.690 bits per heavy atom. The molecular formula is C26H31NO2. The lowest BCUT2D eigenvalue weighted by Crippen LogP contribution is -2.43. The van der Waals surface area contributed by atoms with Crippen molar-refractivity contribution in [1.82, 2.24) is 0 Å². The molecule has 3 nitrogen and oxygen atoms in total. The van der Waals surface area contributed by atoms with Gasteiger partial charge in [0.05, 0.1) is 0 Å². The zero-order chi connectivity index (χ0) is 20.4. The van der Waals surface area contributed by atoms with Gasteiger partial charge in [0, 0.05) is 11.1 Å². The zero-order valence-corrected chi connectivity index (χ0v) is 17.4. The van der Waals surface area contributed by atoms with Gasteiger partial charge in [0.15, 0.2) is 0 Å². The van der Waals surface area contributed by atoms with Crippen LogP contribution < -0.4 is 4.90 Å². The summed E-state index contributed by atoms with van der Waals surface area (Å²) in [7, 11) is 0. The second-order valence-electron chi connectivity index (χ2n) is 8.09. The maximum absolute atomic E-state index is 11.0. The molecule has 0 radical (unpaired) electrons. The van der Waals surface area contributed by atoms with E-state index in [-0.39, 0.29) is 0 Å². The second kappa shape index (κ2) is 8.56. The Kier molecular flexibility index (Phi) is 5.89. The molecular weight excluding hydrogens is 358 g/mol. The first-order valence-electron chi connectivity index (χ1n) is 11.0. The molecule has 2 unspecified atom stereocenters. The van der Waals surface area contributed by atoms with Gasteiger partial charge in [0.2, 0.25) is 0 Å². The van der Waals surface area contributed by atoms with Gasteiger partial charge in [0.25, 0.3) is 0 Å². The summed E-state index contributed by atoms with van der Waals surface area (Å²) in [5.74, 6) is 0. The lowest BCUT2D eigenvalue weighted by atomic mass is 9.93. The van der Waals surface area contributed by atoms with E-state index in [4.69, 9.17) is 0 Å². The van der Waals surface area contributed by atoms with Crippen molar-refractivity contribution in [2.75, 3.05) is 4.90 Å². The standard InChI is InChI=1S/C26H31NO2/c1-3-5-10-23(28)27(24(29)11-6-4-2)22-17-15-20-13-12-18-8-7-9-19-14-16-21(22)26(20)25(18)19/h7-9,12-17,23-24,28-29H,3-6,10-11H2,1-2H3. The number of benzene rings is 4. The Hall–Kier alpha value is -2.36. The van der Waals surface area contributed by atoms with Crippen LogP contribution in [-0.2, 0) is 0 Å². The maximum Gasteiger partial charge on any atom is 0.129 e. The Morgan fingerprint density at radius 3 is 1.79 bits per heavy atom. The summed E-state index contributed by atoms with van der Waals surface area (Å²) in [6, 6.07) is 19.2. The molecule has 0 aromatic heterocycles. The summed E-state index contributed by atoms with van der Waals surface area (Å²) < 4.78 is 0. The minimum absolute atomic E-state index is 0.654. The predicted molar refractivity (Wildman–Crippen MR) is 124 cm³/mol. The molecule has 2 atom stereocenters. The fourth-order valence-corrected chi connectivity index (χ4v) is 4.52. The minimum atomic E-state index is -0.694. The van der Waals surface area contributed by atoms with Crippen molar-refractivity contribution in [3.05, 3.63) is 54.6 Å². The molecule has 152 valence electrons. The van der Waals surface area contributed by atoms with Gasteiger partial charge in [-0.15, -0.1) is 0 Å². The molecule has 0 aliphatic carbocycles. The van der Waals surface area contributed by atoms with Crippen LogP contribution in [0.1, 0.15) is 52.4 Å². The third-order valence-corrected chi connectivity index (χ3v) is 6.06. The fraction of sp³-hybridized carbons (Fsp3) is 0.385. The largest absolute Gasteiger partial charge is 0.374 e. The highest BCUT2D eigenvalue weighted by atomic mass is 16.3. The van der Waals surface area contributed by atoms with Crippen molar-refractivity contribution in [3.63, 3.8) is 0 Å². The molecule has 0 saturated heterocycles. The number of aliphatic hydroxyl groups is 2. The predicted octanol–water partition coefficient (Wildman–Crippen LogP) is 6.41. The molecule has 29 heavy (non-hydrogen) atoms. The van der Waals surface area contributed by atoms with E-state index >= 15 is 0 Å². The Labute approximate surface area is 172 Å². The monoisotopic (exact) mass is 389 g/mol. The Balaban J connectivity index is 1.90. The second-order valence-corrected chi connectivity index (χ2v) is 8.09. The van der Waals surface area contributed by atoms with Crippen molar-refractivity contribution in [2.24, 2.45) is 0 Å². The fourth-order valence-electron chi connectivity index (χ4n) is 4.52. The maximum atomic E-state index is 11.0. The van der Waals surface area contributed by atoms with E-state index in [2.05, 4.69) is 68.4 Å². The van der Waals surface area contributed by atoms with E-state index in [1.165, 1.54) is 26.9 Å². The Morgan fingerprint density at radius 2 is 1.21 bits per heavy atom. The summed E-state index contributed by atoms with van der Waals surface area (Å²) in [5.41, 5.74) is 0.919. The third kappa shape index (κ3) is 3.65. The number of unbranched alkanes of at least 4 members (excludes halogenated alkanes) is 2. The molecule has 0 aliphatic heterocycles. The van der Waals surface area contributed by atoms with E-state index in [1.54, 1.807) is 0 Å². The number of aliphatic hydroxyl groups excluding tert-OH is 2. The van der Waals surface area contributed by atoms with Crippen LogP contribution in [0.5, 0.6) is 0 Å². The van der Waals surface area contributed by atoms with Crippen LogP contribution in [0.2, 0.25) is 0 Å². The van der Waals surface area contributed by atoms with Crippen LogP contribution in [0.4, 0.5) is 5.69 Å². The van der Waals surface area contributed by atoms with E-state index < -0.39 is 12.5 Å². The van der Waals surface area contributed by atoms with Gasteiger partial charge in [-0.2, -0.15) is 0 Å². The molecule has 3 heteroatoms. The van der Waals surface area contributed by atoms with Crippen LogP contribution >= 0.6 is 0 Å². The summed E-state index contributed by atoms with van der Waals surface area (Å²) in [6.07, 6.45) is 3.83. The number of rotatable bonds is 9. The lowest BCUT2D eigenvalue weighted by Gasteiger charge is -2.35. The molecule has 0 bridgehead atoms. The van der Waals surface area contributed by atoms with Crippen LogP contribution in [0.25, 0.3) is 32.3 Å². The van der Waals surface area contributed by atoms with E-state index in [0.29, 0.717) is 12.8 Å². The van der Waals surface area contributed by atoms with Crippen LogP contribution in [0.15, 0.2) is 54.6 Å². The normalized spacial score (nSPS) is 14.1. The molecule has 0 heterocycles. The van der Waals surface area contributed by atoms with Crippen molar-refractivity contribution >= 4 is 38.0 Å². The minimum Gasteiger partial charge on any atom is -0.374 e. The van der Waals surface area contributed by atoms with E-state index in [0.717, 1.165) is 36.8 Å². The van der Waals surface area contributed by atoms with Crippen molar-refractivity contribution < 1.29 is 10.2 Å². The quantitative estimate of drug-likeness (QED) is 0.257. The summed E-state index contributed by atoms with van der Waals surface area (Å²) in [4.78, 5) is 1.84. The van der Waals surface area contributed by atoms with Gasteiger partial charge in [-0.3, -0.25) is 0 Å². The molecule has 0 saturated carbocycles. The SMILES string of the molecule is CCCCC(O)N(c1ccc2ccc3cccc4ccc1c2c34)C(O)CCCC. The topological polar surface area (TPSA) is 43.7 Å². The van der Waals surface area contributed by atoms with Crippen LogP contribution in [-0.4, -0.2) is 22.7 Å². The molecule has 0 amide bonds. The smallest absolute Gasteiger partial charge is 0.129 e. The highest BCUT2D eigenvalue weighted by molar-refractivity contribution is 6.25. The number of hydrogen-bond acceptors (Lipinski definition) is 3. The van der Waals surface area contributed by atoms with Crippen molar-refractivity contribution in [1.29, 1.82) is 0 Å². The molecule has 4 aromatic rings. The van der Waals surface area contributed by atoms with Crippen molar-refractivity contribution in [3.8, 4) is 0 Å². The Bertz CT molecular complexity index is 1060. The summed E-state index contributed by atoms with van der Waals surface area (Å²) in [6.45, 7) is 4.25. The number of hydrogen-bond donors (Lipinski definition) is 2. The van der Waals surface area contributed by atoms with Gasteiger partial charge in [0.1, 0.15) is 12.5 Å². The van der Waals surface area contributed by atoms with Crippen molar-refractivity contribution in [2.45, 2.75) is 64.8 Å². The number of anilines is 1. The zero-order valence-electron chi connectivity index (χ0n) is 17.4. The molecule has 0 fully saturated rings. The first kappa shape index (κ1) is 19.9. The van der Waals surface area contributed by atoms with Crippen LogP contribution in [0.3, 0.4) is 0 Å². The average Bonchev–Trinajstić information content (AvgIpc) is 2.75. The van der Waals surface area contributed by atoms with Gasteiger partial charge in [-0.25, -0.2) is 0 Å². The molecule has 0 aliphatic rings. The van der Waals surface area contributed by atoms with E-state index in [1.807, 2.05) is 4.90 Å². The highest BCUT2D eigenvalue weighted by Crippen LogP contribution is 2.40. The molecule has 4 aromatic carbocycles. The number of nitrogens with zero attached hydrogens (tertiary/aromatic N) is 1. The van der Waals surface area contributed by atoms with E-state index in [9.17, 15) is 10.2 Å². The van der Waals surface area contributed by atoms with Gasteiger partial charge in [-0.1, -0.05) is 75.2 Å². The lowest BCUT2D eigenvalue weighted by molar-refractivity contribution is 0.0723. The molecule has 2 N–H and O–H groups in total. The average molecular weight is 390 g/mol. The van der Waals surface area contributed by atoms with Gasteiger partial charge < -0.3 is 15.1 Å².